The molecule has 0 aliphatic carbocycles. The number of hydrogen-bond donors (Lipinski definition) is 0. The van der Waals surface area contributed by atoms with Crippen LogP contribution in [0.25, 0.3) is 21.3 Å². The highest BCUT2D eigenvalue weighted by molar-refractivity contribution is 8.08. The third kappa shape index (κ3) is 3.93. The average molecular weight is 580 g/mol. The highest BCUT2D eigenvalue weighted by Gasteiger charge is 2.24. The second-order valence-electron chi connectivity index (χ2n) is 8.84. The average Bonchev–Trinajstić information content (AvgIpc) is 3.64. The third-order valence-corrected chi connectivity index (χ3v) is 11.7. The summed E-state index contributed by atoms with van der Waals surface area (Å²) in [5, 5.41) is 2.03. The van der Waals surface area contributed by atoms with Crippen molar-refractivity contribution in [2.24, 2.45) is 0 Å². The molecule has 0 fully saturated rings. The summed E-state index contributed by atoms with van der Waals surface area (Å²) in [6, 6.07) is 16.6. The van der Waals surface area contributed by atoms with Crippen LogP contribution in [0.5, 0.6) is 0 Å². The number of rotatable bonds is 4. The normalized spacial score (nSPS) is 16.1. The summed E-state index contributed by atoms with van der Waals surface area (Å²) in [5.41, 5.74) is 2.22. The summed E-state index contributed by atoms with van der Waals surface area (Å²) < 4.78 is 10.0. The van der Waals surface area contributed by atoms with Crippen molar-refractivity contribution in [2.75, 3.05) is 11.9 Å². The fourth-order valence-electron chi connectivity index (χ4n) is 4.86. The minimum absolute atomic E-state index is 0.0376. The van der Waals surface area contributed by atoms with Crippen molar-refractivity contribution in [3.8, 4) is 0 Å². The number of hydrogen-bond acceptors (Lipinski definition) is 7. The predicted molar refractivity (Wildman–Crippen MR) is 161 cm³/mol. The molecule has 0 unspecified atom stereocenters. The van der Waals surface area contributed by atoms with Gasteiger partial charge in [0.1, 0.15) is 34.7 Å². The molecule has 0 saturated heterocycles. The number of nitrogens with zero attached hydrogens (tertiary/aromatic N) is 4. The van der Waals surface area contributed by atoms with Crippen LogP contribution in [-0.2, 0) is 19.6 Å². The molecule has 2 aromatic carbocycles. The Morgan fingerprint density at radius 3 is 2.29 bits per heavy atom. The van der Waals surface area contributed by atoms with Crippen LogP contribution in [-0.4, -0.2) is 16.2 Å². The molecule has 5 aromatic rings. The molecule has 0 atom stereocenters. The molecule has 1 aliphatic heterocycles. The van der Waals surface area contributed by atoms with Gasteiger partial charge in [0.25, 0.3) is 16.1 Å². The van der Waals surface area contributed by atoms with Gasteiger partial charge < -0.3 is 4.90 Å². The van der Waals surface area contributed by atoms with Gasteiger partial charge in [-0.25, -0.2) is 0 Å². The fourth-order valence-corrected chi connectivity index (χ4v) is 9.89. The molecule has 0 amide bonds. The zero-order valence-electron chi connectivity index (χ0n) is 21.6. The molecule has 38 heavy (non-hydrogen) atoms. The molecule has 194 valence electrons. The van der Waals surface area contributed by atoms with Crippen molar-refractivity contribution in [3.05, 3.63) is 92.6 Å². The number of aromatic nitrogens is 3. The molecule has 0 bridgehead atoms. The predicted octanol–water partition coefficient (Wildman–Crippen LogP) is 4.12. The number of benzene rings is 2. The maximum absolute atomic E-state index is 13.7. The van der Waals surface area contributed by atoms with E-state index in [1.165, 1.54) is 32.9 Å². The van der Waals surface area contributed by atoms with Crippen molar-refractivity contribution < 1.29 is 4.57 Å². The van der Waals surface area contributed by atoms with E-state index in [-0.39, 0.29) is 11.1 Å². The topological polar surface area (TPSA) is 51.1 Å². The van der Waals surface area contributed by atoms with Gasteiger partial charge in [-0.3, -0.25) is 18.7 Å². The van der Waals surface area contributed by atoms with Crippen LogP contribution in [0.2, 0.25) is 0 Å². The SMILES string of the molecule is CCn1c(=Cc2sc3ccccc3[n+]2CC)s/c(=c2/sc(=C3Sc4ccccc4N3C)c(=O)n2CC)c1=O. The third-order valence-electron chi connectivity index (χ3n) is 6.75. The molecule has 6 nitrogen and oxygen atoms in total. The lowest BCUT2D eigenvalue weighted by Crippen LogP contribution is -2.34. The Morgan fingerprint density at radius 2 is 1.55 bits per heavy atom. The van der Waals surface area contributed by atoms with Crippen LogP contribution in [0.1, 0.15) is 25.8 Å². The molecule has 0 spiro atoms. The number of thiazole rings is 3. The van der Waals surface area contributed by atoms with Crippen molar-refractivity contribution >= 4 is 72.8 Å². The first-order valence-corrected chi connectivity index (χ1v) is 15.8. The van der Waals surface area contributed by atoms with E-state index in [0.29, 0.717) is 22.2 Å². The second kappa shape index (κ2) is 10.00. The van der Waals surface area contributed by atoms with Crippen LogP contribution >= 0.6 is 45.8 Å². The zero-order valence-corrected chi connectivity index (χ0v) is 24.8. The van der Waals surface area contributed by atoms with E-state index in [1.807, 2.05) is 37.6 Å². The van der Waals surface area contributed by atoms with Crippen LogP contribution in [0, 0.1) is 9.20 Å². The first kappa shape index (κ1) is 25.4. The van der Waals surface area contributed by atoms with Gasteiger partial charge in [0.15, 0.2) is 0 Å². The molecule has 1 aliphatic rings. The first-order valence-electron chi connectivity index (χ1n) is 12.6. The van der Waals surface area contributed by atoms with Gasteiger partial charge in [0, 0.05) is 31.1 Å². The number of aryl methyl sites for hydroxylation is 1. The summed E-state index contributed by atoms with van der Waals surface area (Å²) >= 11 is 6.26. The lowest BCUT2D eigenvalue weighted by atomic mass is 10.3. The van der Waals surface area contributed by atoms with Crippen LogP contribution in [0.4, 0.5) is 5.69 Å². The minimum Gasteiger partial charge on any atom is -0.337 e. The maximum Gasteiger partial charge on any atom is 0.272 e. The quantitative estimate of drug-likeness (QED) is 0.301. The standard InChI is InChI=1S/C28H27N4O2S4/c1-5-30-18-13-9-11-15-20(18)35-21(30)16-22-31(6-2)25(33)24(37-22)28-32(7-3)26(34)23(38-28)27-29(4)17-12-8-10-14-19(17)36-27/h8-16H,5-7H2,1-4H3/q+1/b27-23?,28-24+. The molecule has 6 rings (SSSR count). The van der Waals surface area contributed by atoms with Crippen molar-refractivity contribution in [1.29, 1.82) is 0 Å². The Bertz CT molecular complexity index is 2040. The lowest BCUT2D eigenvalue weighted by molar-refractivity contribution is -0.665. The van der Waals surface area contributed by atoms with Gasteiger partial charge >= 0.3 is 0 Å². The smallest absolute Gasteiger partial charge is 0.272 e. The Hall–Kier alpha value is -2.92. The highest BCUT2D eigenvalue weighted by atomic mass is 32.2. The monoisotopic (exact) mass is 579 g/mol. The van der Waals surface area contributed by atoms with Crippen molar-refractivity contribution in [2.45, 2.75) is 45.3 Å². The Kier molecular flexibility index (Phi) is 6.67. The van der Waals surface area contributed by atoms with E-state index < -0.39 is 0 Å². The molecule has 10 heteroatoms. The van der Waals surface area contributed by atoms with Gasteiger partial charge in [-0.1, -0.05) is 47.4 Å². The number of para-hydroxylation sites is 2. The number of anilines is 1. The summed E-state index contributed by atoms with van der Waals surface area (Å²) in [6.45, 7) is 8.03. The van der Waals surface area contributed by atoms with Gasteiger partial charge in [-0.15, -0.1) is 22.7 Å². The van der Waals surface area contributed by atoms with Gasteiger partial charge in [0.2, 0.25) is 5.52 Å². The van der Waals surface area contributed by atoms with Crippen LogP contribution in [0.3, 0.4) is 0 Å². The van der Waals surface area contributed by atoms with Gasteiger partial charge in [-0.05, 0) is 39.0 Å². The van der Waals surface area contributed by atoms with Gasteiger partial charge in [-0.2, -0.15) is 4.57 Å². The molecule has 0 N–H and O–H groups in total. The first-order chi connectivity index (χ1) is 18.5. The summed E-state index contributed by atoms with van der Waals surface area (Å²) in [7, 11) is 2.00. The van der Waals surface area contributed by atoms with E-state index >= 15 is 0 Å². The van der Waals surface area contributed by atoms with E-state index in [4.69, 9.17) is 0 Å². The van der Waals surface area contributed by atoms with Crippen LogP contribution in [0.15, 0.2) is 63.0 Å². The number of fused-ring (bicyclic) bond motifs is 2. The number of thioether (sulfide) groups is 1. The minimum atomic E-state index is -0.0383. The molecule has 0 radical (unpaired) electrons. The van der Waals surface area contributed by atoms with E-state index in [2.05, 4.69) is 58.9 Å². The fraction of sp³-hybridized carbons (Fsp3) is 0.250. The van der Waals surface area contributed by atoms with E-state index in [1.54, 1.807) is 27.7 Å². The van der Waals surface area contributed by atoms with Crippen molar-refractivity contribution in [1.82, 2.24) is 9.13 Å². The largest absolute Gasteiger partial charge is 0.337 e. The molecular weight excluding hydrogens is 553 g/mol. The molecule has 3 aromatic heterocycles. The molecule has 0 saturated carbocycles. The van der Waals surface area contributed by atoms with E-state index in [9.17, 15) is 9.59 Å². The van der Waals surface area contributed by atoms with E-state index in [0.717, 1.165) is 36.5 Å². The maximum atomic E-state index is 13.7. The summed E-state index contributed by atoms with van der Waals surface area (Å²) in [4.78, 5) is 30.6. The van der Waals surface area contributed by atoms with Crippen LogP contribution < -0.4 is 29.8 Å². The van der Waals surface area contributed by atoms with Gasteiger partial charge in [0.05, 0.1) is 11.8 Å². The lowest BCUT2D eigenvalue weighted by Gasteiger charge is -2.11. The Balaban J connectivity index is 1.65. The summed E-state index contributed by atoms with van der Waals surface area (Å²) in [5.74, 6) is 0. The Labute approximate surface area is 235 Å². The molecule has 4 heterocycles. The van der Waals surface area contributed by atoms with Crippen molar-refractivity contribution in [3.63, 3.8) is 0 Å². The highest BCUT2D eigenvalue weighted by Crippen LogP contribution is 2.45. The zero-order chi connectivity index (χ0) is 26.6. The Morgan fingerprint density at radius 1 is 0.842 bits per heavy atom. The molecular formula is C28H27N4O2S4+. The second-order valence-corrected chi connectivity index (χ2v) is 13.0. The summed E-state index contributed by atoms with van der Waals surface area (Å²) in [6.07, 6.45) is 2.13.